The Morgan fingerprint density at radius 2 is 2.20 bits per heavy atom. The Kier molecular flexibility index (Phi) is 5.35. The lowest BCUT2D eigenvalue weighted by Gasteiger charge is -2.30. The van der Waals surface area contributed by atoms with E-state index in [1.54, 1.807) is 12.1 Å². The van der Waals surface area contributed by atoms with Gasteiger partial charge in [0.05, 0.1) is 0 Å². The van der Waals surface area contributed by atoms with Crippen molar-refractivity contribution in [2.45, 2.75) is 31.1 Å². The van der Waals surface area contributed by atoms with Crippen molar-refractivity contribution in [2.24, 2.45) is 5.73 Å². The molecule has 0 amide bonds. The van der Waals surface area contributed by atoms with Gasteiger partial charge in [-0.3, -0.25) is 4.90 Å². The molecule has 1 unspecified atom stereocenters. The van der Waals surface area contributed by atoms with Crippen LogP contribution < -0.4 is 5.73 Å². The summed E-state index contributed by atoms with van der Waals surface area (Å²) in [6.07, 6.45) is 1.09. The van der Waals surface area contributed by atoms with Gasteiger partial charge in [0.1, 0.15) is 5.82 Å². The van der Waals surface area contributed by atoms with Crippen LogP contribution in [0.15, 0.2) is 18.2 Å². The van der Waals surface area contributed by atoms with Gasteiger partial charge in [0.25, 0.3) is 0 Å². The molecule has 0 spiro atoms. The van der Waals surface area contributed by atoms with Crippen molar-refractivity contribution in [3.05, 3.63) is 34.6 Å². The smallest absolute Gasteiger partial charge is 0.129 e. The van der Waals surface area contributed by atoms with Crippen LogP contribution in [-0.4, -0.2) is 35.0 Å². The SMILES string of the molecule is CC1(C)CCN(C(CN)c2ccc(Cl)cc2F)CCS1. The molecule has 1 heterocycles. The third-order valence-electron chi connectivity index (χ3n) is 3.86. The molecule has 2 rings (SSSR count). The highest BCUT2D eigenvalue weighted by Gasteiger charge is 2.28. The number of benzene rings is 1. The molecule has 1 aliphatic heterocycles. The van der Waals surface area contributed by atoms with Crippen LogP contribution in [-0.2, 0) is 0 Å². The van der Waals surface area contributed by atoms with E-state index in [0.29, 0.717) is 17.1 Å². The number of halogens is 2. The maximum atomic E-state index is 14.1. The fourth-order valence-electron chi connectivity index (χ4n) is 2.59. The van der Waals surface area contributed by atoms with Gasteiger partial charge in [0, 0.05) is 46.8 Å². The first-order valence-electron chi connectivity index (χ1n) is 6.96. The summed E-state index contributed by atoms with van der Waals surface area (Å²) in [6.45, 7) is 6.84. The highest BCUT2D eigenvalue weighted by Crippen LogP contribution is 2.34. The summed E-state index contributed by atoms with van der Waals surface area (Å²) in [6, 6.07) is 4.80. The summed E-state index contributed by atoms with van der Waals surface area (Å²) in [5.41, 5.74) is 6.57. The predicted octanol–water partition coefficient (Wildman–Crippen LogP) is 3.70. The summed E-state index contributed by atoms with van der Waals surface area (Å²) >= 11 is 7.80. The monoisotopic (exact) mass is 316 g/mol. The van der Waals surface area contributed by atoms with Crippen LogP contribution >= 0.6 is 23.4 Å². The van der Waals surface area contributed by atoms with Gasteiger partial charge < -0.3 is 5.73 Å². The Hall–Kier alpha value is -0.290. The Balaban J connectivity index is 2.19. The molecule has 1 aromatic rings. The molecule has 5 heteroatoms. The van der Waals surface area contributed by atoms with Gasteiger partial charge in [0.15, 0.2) is 0 Å². The van der Waals surface area contributed by atoms with Crippen molar-refractivity contribution in [3.8, 4) is 0 Å². The van der Waals surface area contributed by atoms with Crippen molar-refractivity contribution in [1.29, 1.82) is 0 Å². The minimum absolute atomic E-state index is 0.0678. The number of thioether (sulfide) groups is 1. The molecule has 20 heavy (non-hydrogen) atoms. The first-order chi connectivity index (χ1) is 9.43. The molecule has 2 nitrogen and oxygen atoms in total. The standard InChI is InChI=1S/C15H22ClFN2S/c1-15(2)5-6-19(7-8-20-15)14(10-18)12-4-3-11(16)9-13(12)17/h3-4,9,14H,5-8,10,18H2,1-2H3. The molecule has 0 bridgehead atoms. The molecule has 1 saturated heterocycles. The molecule has 1 aliphatic rings. The lowest BCUT2D eigenvalue weighted by Crippen LogP contribution is -2.36. The Morgan fingerprint density at radius 3 is 2.85 bits per heavy atom. The highest BCUT2D eigenvalue weighted by molar-refractivity contribution is 8.00. The summed E-state index contributed by atoms with van der Waals surface area (Å²) in [5.74, 6) is 0.794. The maximum Gasteiger partial charge on any atom is 0.129 e. The highest BCUT2D eigenvalue weighted by atomic mass is 35.5. The van der Waals surface area contributed by atoms with Gasteiger partial charge in [-0.1, -0.05) is 31.5 Å². The number of rotatable bonds is 3. The van der Waals surface area contributed by atoms with Gasteiger partial charge in [-0.05, 0) is 18.6 Å². The lowest BCUT2D eigenvalue weighted by molar-refractivity contribution is 0.207. The molecule has 0 radical (unpaired) electrons. The second kappa shape index (κ2) is 6.65. The van der Waals surface area contributed by atoms with Crippen LogP contribution in [0, 0.1) is 5.82 Å². The van der Waals surface area contributed by atoms with E-state index < -0.39 is 0 Å². The first-order valence-corrected chi connectivity index (χ1v) is 8.32. The van der Waals surface area contributed by atoms with Crippen LogP contribution in [0.5, 0.6) is 0 Å². The second-order valence-corrected chi connectivity index (χ2v) is 8.05. The third-order valence-corrected chi connectivity index (χ3v) is 5.47. The number of nitrogens with zero attached hydrogens (tertiary/aromatic N) is 1. The van der Waals surface area contributed by atoms with Gasteiger partial charge in [-0.2, -0.15) is 11.8 Å². The van der Waals surface area contributed by atoms with Gasteiger partial charge in [0.2, 0.25) is 0 Å². The maximum absolute atomic E-state index is 14.1. The van der Waals surface area contributed by atoms with Crippen molar-refractivity contribution in [2.75, 3.05) is 25.4 Å². The Morgan fingerprint density at radius 1 is 1.45 bits per heavy atom. The molecular formula is C15H22ClFN2S. The van der Waals surface area contributed by atoms with E-state index in [1.807, 2.05) is 11.8 Å². The largest absolute Gasteiger partial charge is 0.329 e. The molecule has 0 saturated carbocycles. The molecule has 2 N–H and O–H groups in total. The molecule has 112 valence electrons. The van der Waals surface area contributed by atoms with Gasteiger partial charge in [-0.25, -0.2) is 4.39 Å². The topological polar surface area (TPSA) is 29.3 Å². The minimum atomic E-state index is -0.260. The normalized spacial score (nSPS) is 21.4. The number of hydrogen-bond donors (Lipinski definition) is 1. The minimum Gasteiger partial charge on any atom is -0.329 e. The van der Waals surface area contributed by atoms with Crippen LogP contribution in [0.3, 0.4) is 0 Å². The van der Waals surface area contributed by atoms with Crippen molar-refractivity contribution >= 4 is 23.4 Å². The van der Waals surface area contributed by atoms with Crippen molar-refractivity contribution in [1.82, 2.24) is 4.90 Å². The fourth-order valence-corrected chi connectivity index (χ4v) is 3.86. The Labute approximate surface area is 129 Å². The van der Waals surface area contributed by atoms with E-state index in [2.05, 4.69) is 18.7 Å². The van der Waals surface area contributed by atoms with E-state index in [9.17, 15) is 4.39 Å². The van der Waals surface area contributed by atoms with Crippen LogP contribution in [0.2, 0.25) is 5.02 Å². The zero-order valence-electron chi connectivity index (χ0n) is 12.0. The average molecular weight is 317 g/mol. The van der Waals surface area contributed by atoms with Gasteiger partial charge in [-0.15, -0.1) is 0 Å². The quantitative estimate of drug-likeness (QED) is 0.922. The van der Waals surface area contributed by atoms with E-state index in [4.69, 9.17) is 17.3 Å². The van der Waals surface area contributed by atoms with E-state index >= 15 is 0 Å². The molecular weight excluding hydrogens is 295 g/mol. The summed E-state index contributed by atoms with van der Waals surface area (Å²) in [4.78, 5) is 2.30. The predicted molar refractivity (Wildman–Crippen MR) is 85.9 cm³/mol. The molecule has 0 aliphatic carbocycles. The average Bonchev–Trinajstić information content (AvgIpc) is 2.54. The van der Waals surface area contributed by atoms with Crippen molar-refractivity contribution < 1.29 is 4.39 Å². The van der Waals surface area contributed by atoms with Gasteiger partial charge >= 0.3 is 0 Å². The van der Waals surface area contributed by atoms with E-state index in [0.717, 1.165) is 25.3 Å². The lowest BCUT2D eigenvalue weighted by atomic mass is 10.0. The Bertz CT molecular complexity index is 467. The van der Waals surface area contributed by atoms with Crippen LogP contribution in [0.4, 0.5) is 4.39 Å². The molecule has 0 aromatic heterocycles. The molecule has 1 fully saturated rings. The molecule has 1 atom stereocenters. The number of hydrogen-bond acceptors (Lipinski definition) is 3. The zero-order valence-corrected chi connectivity index (χ0v) is 13.6. The van der Waals surface area contributed by atoms with E-state index in [1.165, 1.54) is 6.07 Å². The summed E-state index contributed by atoms with van der Waals surface area (Å²) in [5, 5.41) is 0.426. The summed E-state index contributed by atoms with van der Waals surface area (Å²) < 4.78 is 14.4. The number of nitrogens with two attached hydrogens (primary N) is 1. The van der Waals surface area contributed by atoms with E-state index in [-0.39, 0.29) is 16.6 Å². The third kappa shape index (κ3) is 3.88. The zero-order chi connectivity index (χ0) is 14.8. The second-order valence-electron chi connectivity index (χ2n) is 5.81. The van der Waals surface area contributed by atoms with Crippen molar-refractivity contribution in [3.63, 3.8) is 0 Å². The molecule has 1 aromatic carbocycles. The van der Waals surface area contributed by atoms with Crippen LogP contribution in [0.1, 0.15) is 31.9 Å². The van der Waals surface area contributed by atoms with Crippen LogP contribution in [0.25, 0.3) is 0 Å². The fraction of sp³-hybridized carbons (Fsp3) is 0.600. The summed E-state index contributed by atoms with van der Waals surface area (Å²) in [7, 11) is 0. The first kappa shape index (κ1) is 16.1.